The Morgan fingerprint density at radius 3 is 2.37 bits per heavy atom. The monoisotopic (exact) mass is 412 g/mol. The number of carbonyl (C=O) groups is 1. The summed E-state index contributed by atoms with van der Waals surface area (Å²) >= 11 is 0. The van der Waals surface area contributed by atoms with Gasteiger partial charge in [-0.25, -0.2) is 0 Å². The van der Waals surface area contributed by atoms with Crippen molar-refractivity contribution < 1.29 is 6.21 Å². The van der Waals surface area contributed by atoms with Gasteiger partial charge in [0.1, 0.15) is 7.20 Å². The second-order valence-corrected chi connectivity index (χ2v) is 8.75. The molecule has 0 aromatic heterocycles. The number of carbonyl (C=O) groups excluding carboxylic acids is 1. The number of Topliss-reactive ketones (excluding diaryl/α,β-unsaturated/α-hetero) is 1. The summed E-state index contributed by atoms with van der Waals surface area (Å²) in [6, 6.07) is 8.37. The van der Waals surface area contributed by atoms with Crippen LogP contribution in [-0.4, -0.2) is 25.4 Å². The highest BCUT2D eigenvalue weighted by Crippen LogP contribution is 2.23. The molecule has 0 aliphatic carbocycles. The maximum absolute atomic E-state index is 12.9. The van der Waals surface area contributed by atoms with Gasteiger partial charge in [0, 0.05) is 55.7 Å². The Bertz CT molecular complexity index is 740. The van der Waals surface area contributed by atoms with Crippen molar-refractivity contribution in [3.05, 3.63) is 72.1 Å². The first-order valence-electron chi connectivity index (χ1n) is 11.4. The van der Waals surface area contributed by atoms with Gasteiger partial charge in [0.2, 0.25) is 0 Å². The van der Waals surface area contributed by atoms with Gasteiger partial charge >= 0.3 is 0 Å². The average molecular weight is 413 g/mol. The summed E-state index contributed by atoms with van der Waals surface area (Å²) in [7, 11) is 0. The summed E-state index contributed by atoms with van der Waals surface area (Å²) in [5, 5.41) is 6.53. The van der Waals surface area contributed by atoms with Gasteiger partial charge in [-0.3, -0.25) is 4.79 Å². The lowest BCUT2D eigenvalue weighted by molar-refractivity contribution is -0.120. The fraction of sp³-hybridized carbons (Fsp3) is 0.500. The minimum absolute atomic E-state index is 0.135. The molecule has 0 aliphatic heterocycles. The number of ketones is 1. The smallest absolute Gasteiger partial charge is 0.140 e. The molecule has 0 fully saturated rings. The molecule has 2 unspecified atom stereocenters. The summed E-state index contributed by atoms with van der Waals surface area (Å²) in [6.45, 7) is 22.1. The molecule has 1 aromatic carbocycles. The van der Waals surface area contributed by atoms with Crippen LogP contribution in [-0.2, 0) is 11.2 Å². The Kier molecular flexibility index (Phi) is 10.4. The largest absolute Gasteiger partial charge is 0.388 e. The lowest BCUT2D eigenvalue weighted by Crippen LogP contribution is -2.29. The van der Waals surface area contributed by atoms with E-state index < -0.39 is 0 Å². The number of nitrogens with one attached hydrogen (secondary N) is 2. The van der Waals surface area contributed by atoms with Crippen molar-refractivity contribution in [1.29, 1.82) is 0 Å². The van der Waals surface area contributed by atoms with Crippen LogP contribution in [0, 0.1) is 11.8 Å². The highest BCUT2D eigenvalue weighted by Gasteiger charge is 2.21. The second kappa shape index (κ2) is 13.1. The molecule has 4 N–H and O–H groups in total. The highest BCUT2D eigenvalue weighted by atomic mass is 16.1. The lowest BCUT2D eigenvalue weighted by atomic mass is 9.88. The number of hydrogen-bond acceptors (Lipinski definition) is 4. The van der Waals surface area contributed by atoms with E-state index >= 15 is 0 Å². The van der Waals surface area contributed by atoms with Gasteiger partial charge in [0.05, 0.1) is 0 Å². The number of hydrogen-bond donors (Lipinski definition) is 3. The van der Waals surface area contributed by atoms with Crippen LogP contribution >= 0.6 is 0 Å². The van der Waals surface area contributed by atoms with Crippen LogP contribution < -0.4 is 16.4 Å². The van der Waals surface area contributed by atoms with E-state index in [1.165, 1.54) is 5.56 Å². The minimum Gasteiger partial charge on any atom is -0.388 e. The minimum atomic E-state index is -0.180. The van der Waals surface area contributed by atoms with Gasteiger partial charge in [0.15, 0.2) is 0 Å². The summed E-state index contributed by atoms with van der Waals surface area (Å²) < 4.78 is 7.40. The SMILES string of the molecule is [2H]NCC(CC(=O)C(C)c1ccc(CC(C)C)cc1)C(=C)NCCC(=C)NCC(=C)C. The first-order chi connectivity index (χ1) is 14.6. The zero-order valence-electron chi connectivity index (χ0n) is 20.3. The van der Waals surface area contributed by atoms with E-state index in [4.69, 9.17) is 1.41 Å². The Morgan fingerprint density at radius 1 is 1.13 bits per heavy atom. The third kappa shape index (κ3) is 9.45. The van der Waals surface area contributed by atoms with E-state index in [9.17, 15) is 4.79 Å². The summed E-state index contributed by atoms with van der Waals surface area (Å²) in [5.74, 6) is 0.456. The fourth-order valence-electron chi connectivity index (χ4n) is 3.22. The molecular weight excluding hydrogens is 370 g/mol. The summed E-state index contributed by atoms with van der Waals surface area (Å²) in [5.41, 5.74) is 7.55. The highest BCUT2D eigenvalue weighted by molar-refractivity contribution is 5.85. The standard InChI is InChI=1S/C26H41N3O/c1-18(2)14-23-8-10-24(11-9-23)21(6)26(30)15-25(16-27)22(7)28-13-12-20(5)29-17-19(3)4/h8-11,18,21,25,28-29H,3,5,7,12-17,27H2,1-2,4,6H3/i/hD. The molecule has 0 amide bonds. The van der Waals surface area contributed by atoms with Crippen molar-refractivity contribution in [2.24, 2.45) is 17.6 Å². The normalized spacial score (nSPS) is 13.3. The van der Waals surface area contributed by atoms with Crippen LogP contribution in [0.4, 0.5) is 0 Å². The van der Waals surface area contributed by atoms with Gasteiger partial charge in [-0.05, 0) is 30.4 Å². The Hall–Kier alpha value is -2.33. The molecule has 166 valence electrons. The van der Waals surface area contributed by atoms with Crippen LogP contribution in [0.1, 0.15) is 57.6 Å². The van der Waals surface area contributed by atoms with Crippen LogP contribution in [0.5, 0.6) is 0 Å². The first-order valence-corrected chi connectivity index (χ1v) is 10.9. The molecule has 0 heterocycles. The van der Waals surface area contributed by atoms with Crippen molar-refractivity contribution in [2.45, 2.75) is 52.9 Å². The maximum atomic E-state index is 12.9. The van der Waals surface area contributed by atoms with Crippen LogP contribution in [0.25, 0.3) is 0 Å². The molecule has 1 rings (SSSR count). The molecule has 2 atom stereocenters. The molecular formula is C26H41N3O. The molecule has 4 nitrogen and oxygen atoms in total. The summed E-state index contributed by atoms with van der Waals surface area (Å²) in [6.07, 6.45) is 2.14. The van der Waals surface area contributed by atoms with Crippen molar-refractivity contribution in [1.82, 2.24) is 10.6 Å². The van der Waals surface area contributed by atoms with Gasteiger partial charge < -0.3 is 16.4 Å². The molecule has 1 aromatic rings. The predicted molar refractivity (Wildman–Crippen MR) is 129 cm³/mol. The van der Waals surface area contributed by atoms with E-state index in [0.29, 0.717) is 25.4 Å². The lowest BCUT2D eigenvalue weighted by Gasteiger charge is -2.21. The van der Waals surface area contributed by atoms with Crippen LogP contribution in [0.2, 0.25) is 1.41 Å². The topological polar surface area (TPSA) is 67.2 Å². The number of rotatable bonds is 16. The van der Waals surface area contributed by atoms with Crippen molar-refractivity contribution in [3.63, 3.8) is 0 Å². The summed E-state index contributed by atoms with van der Waals surface area (Å²) in [4.78, 5) is 12.9. The molecule has 0 radical (unpaired) electrons. The van der Waals surface area contributed by atoms with Crippen molar-refractivity contribution in [2.75, 3.05) is 19.6 Å². The third-order valence-corrected chi connectivity index (χ3v) is 5.21. The molecule has 0 saturated carbocycles. The molecule has 4 heteroatoms. The van der Waals surface area contributed by atoms with Gasteiger partial charge in [-0.1, -0.05) is 70.3 Å². The van der Waals surface area contributed by atoms with Crippen molar-refractivity contribution in [3.8, 4) is 0 Å². The van der Waals surface area contributed by atoms with Gasteiger partial charge in [-0.2, -0.15) is 0 Å². The van der Waals surface area contributed by atoms with Gasteiger partial charge in [-0.15, -0.1) is 0 Å². The molecule has 0 aliphatic rings. The zero-order valence-corrected chi connectivity index (χ0v) is 19.3. The molecule has 0 bridgehead atoms. The van der Waals surface area contributed by atoms with E-state index in [2.05, 4.69) is 74.2 Å². The average Bonchev–Trinajstić information content (AvgIpc) is 2.71. The Balaban J connectivity index is 2.59. The Labute approximate surface area is 185 Å². The number of benzene rings is 1. The van der Waals surface area contributed by atoms with Crippen LogP contribution in [0.3, 0.4) is 0 Å². The van der Waals surface area contributed by atoms with E-state index in [0.717, 1.165) is 41.9 Å². The zero-order chi connectivity index (χ0) is 23.4. The van der Waals surface area contributed by atoms with E-state index in [-0.39, 0.29) is 17.6 Å². The first kappa shape index (κ1) is 23.9. The third-order valence-electron chi connectivity index (χ3n) is 5.21. The molecule has 30 heavy (non-hydrogen) atoms. The van der Waals surface area contributed by atoms with Crippen LogP contribution in [0.15, 0.2) is 61.0 Å². The van der Waals surface area contributed by atoms with Gasteiger partial charge in [0.25, 0.3) is 0 Å². The fourth-order valence-corrected chi connectivity index (χ4v) is 3.22. The maximum Gasteiger partial charge on any atom is 0.140 e. The molecule has 0 spiro atoms. The second-order valence-electron chi connectivity index (χ2n) is 8.75. The Morgan fingerprint density at radius 2 is 1.80 bits per heavy atom. The number of nitrogens with two attached hydrogens (primary N) is 1. The van der Waals surface area contributed by atoms with E-state index in [1.54, 1.807) is 0 Å². The van der Waals surface area contributed by atoms with Crippen molar-refractivity contribution >= 4 is 5.78 Å². The predicted octanol–water partition coefficient (Wildman–Crippen LogP) is 4.70. The quantitative estimate of drug-likeness (QED) is 0.344. The molecule has 0 saturated heterocycles. The van der Waals surface area contributed by atoms with E-state index in [1.807, 2.05) is 13.8 Å².